The van der Waals surface area contributed by atoms with Crippen LogP contribution >= 0.6 is 27.3 Å². The summed E-state index contributed by atoms with van der Waals surface area (Å²) in [5, 5.41) is 4.50. The number of nitrogen functional groups attached to an aromatic ring is 1. The number of hydrogen-bond donors (Lipinski definition) is 1. The van der Waals surface area contributed by atoms with Crippen molar-refractivity contribution in [2.75, 3.05) is 5.73 Å². The minimum absolute atomic E-state index is 0.858. The molecule has 0 amide bonds. The van der Waals surface area contributed by atoms with E-state index < -0.39 is 0 Å². The standard InChI is InChI=1S/C11H12BrNS/c1-2-7-6-14-10-4-9(13)3-8(5-12)11(7)10/h3-4,6H,2,5,13H2,1H3. The molecule has 2 N–H and O–H groups in total. The van der Waals surface area contributed by atoms with E-state index in [2.05, 4.69) is 40.4 Å². The second kappa shape index (κ2) is 3.91. The van der Waals surface area contributed by atoms with Crippen LogP contribution in [0.5, 0.6) is 0 Å². The molecule has 0 saturated carbocycles. The van der Waals surface area contributed by atoms with E-state index >= 15 is 0 Å². The molecule has 2 rings (SSSR count). The molecule has 0 atom stereocenters. The second-order valence-electron chi connectivity index (χ2n) is 3.30. The molecule has 3 heteroatoms. The van der Waals surface area contributed by atoms with Gasteiger partial charge < -0.3 is 5.73 Å². The van der Waals surface area contributed by atoms with E-state index in [1.165, 1.54) is 21.2 Å². The third kappa shape index (κ3) is 1.55. The van der Waals surface area contributed by atoms with Gasteiger partial charge in [-0.2, -0.15) is 0 Å². The van der Waals surface area contributed by atoms with Crippen LogP contribution in [0.2, 0.25) is 0 Å². The van der Waals surface area contributed by atoms with Gasteiger partial charge in [-0.05, 0) is 40.4 Å². The molecule has 0 saturated heterocycles. The van der Waals surface area contributed by atoms with Crippen LogP contribution in [-0.2, 0) is 11.8 Å². The van der Waals surface area contributed by atoms with Crippen LogP contribution in [0.4, 0.5) is 5.69 Å². The average Bonchev–Trinajstić information content (AvgIpc) is 2.59. The third-order valence-corrected chi connectivity index (χ3v) is 3.96. The number of aryl methyl sites for hydroxylation is 1. The van der Waals surface area contributed by atoms with E-state index in [9.17, 15) is 0 Å². The summed E-state index contributed by atoms with van der Waals surface area (Å²) < 4.78 is 1.30. The van der Waals surface area contributed by atoms with Crippen LogP contribution in [0.1, 0.15) is 18.1 Å². The summed E-state index contributed by atoms with van der Waals surface area (Å²) in [4.78, 5) is 0. The van der Waals surface area contributed by atoms with Gasteiger partial charge in [-0.1, -0.05) is 22.9 Å². The van der Waals surface area contributed by atoms with Gasteiger partial charge in [0.2, 0.25) is 0 Å². The maximum atomic E-state index is 5.84. The van der Waals surface area contributed by atoms with Crippen molar-refractivity contribution < 1.29 is 0 Å². The molecule has 0 aliphatic rings. The van der Waals surface area contributed by atoms with Gasteiger partial charge in [0.1, 0.15) is 0 Å². The lowest BCUT2D eigenvalue weighted by Gasteiger charge is -2.03. The highest BCUT2D eigenvalue weighted by molar-refractivity contribution is 9.08. The number of alkyl halides is 1. The number of anilines is 1. The summed E-state index contributed by atoms with van der Waals surface area (Å²) in [6.45, 7) is 2.19. The van der Waals surface area contributed by atoms with E-state index in [-0.39, 0.29) is 0 Å². The highest BCUT2D eigenvalue weighted by atomic mass is 79.9. The third-order valence-electron chi connectivity index (χ3n) is 2.38. The molecule has 0 aliphatic carbocycles. The first-order chi connectivity index (χ1) is 6.76. The monoisotopic (exact) mass is 269 g/mol. The summed E-state index contributed by atoms with van der Waals surface area (Å²) in [5.41, 5.74) is 9.43. The topological polar surface area (TPSA) is 26.0 Å². The minimum Gasteiger partial charge on any atom is -0.399 e. The fourth-order valence-corrected chi connectivity index (χ4v) is 3.29. The van der Waals surface area contributed by atoms with E-state index in [4.69, 9.17) is 5.73 Å². The van der Waals surface area contributed by atoms with Gasteiger partial charge in [-0.3, -0.25) is 0 Å². The lowest BCUT2D eigenvalue weighted by atomic mass is 10.1. The number of fused-ring (bicyclic) bond motifs is 1. The molecule has 0 bridgehead atoms. The number of hydrogen-bond acceptors (Lipinski definition) is 2. The van der Waals surface area contributed by atoms with Gasteiger partial charge in [-0.15, -0.1) is 11.3 Å². The van der Waals surface area contributed by atoms with Crippen LogP contribution in [0.25, 0.3) is 10.1 Å². The predicted octanol–water partition coefficient (Wildman–Crippen LogP) is 3.94. The highest BCUT2D eigenvalue weighted by Gasteiger charge is 2.07. The Hall–Kier alpha value is -0.540. The summed E-state index contributed by atoms with van der Waals surface area (Å²) in [6, 6.07) is 4.12. The van der Waals surface area contributed by atoms with Crippen LogP contribution in [0.15, 0.2) is 17.5 Å². The Morgan fingerprint density at radius 1 is 1.36 bits per heavy atom. The Labute approximate surface area is 96.1 Å². The lowest BCUT2D eigenvalue weighted by Crippen LogP contribution is -1.89. The fourth-order valence-electron chi connectivity index (χ4n) is 1.71. The van der Waals surface area contributed by atoms with Crippen LogP contribution < -0.4 is 5.73 Å². The molecule has 14 heavy (non-hydrogen) atoms. The van der Waals surface area contributed by atoms with Crippen molar-refractivity contribution >= 4 is 43.0 Å². The first kappa shape index (κ1) is 9.99. The second-order valence-corrected chi connectivity index (χ2v) is 4.77. The molecular weight excluding hydrogens is 258 g/mol. The van der Waals surface area contributed by atoms with Gasteiger partial charge in [-0.25, -0.2) is 0 Å². The lowest BCUT2D eigenvalue weighted by molar-refractivity contribution is 1.17. The largest absolute Gasteiger partial charge is 0.399 e. The fraction of sp³-hybridized carbons (Fsp3) is 0.273. The highest BCUT2D eigenvalue weighted by Crippen LogP contribution is 2.32. The van der Waals surface area contributed by atoms with E-state index in [0.29, 0.717) is 0 Å². The van der Waals surface area contributed by atoms with E-state index in [1.54, 1.807) is 11.3 Å². The first-order valence-corrected chi connectivity index (χ1v) is 6.60. The molecule has 74 valence electrons. The van der Waals surface area contributed by atoms with Crippen molar-refractivity contribution in [3.63, 3.8) is 0 Å². The van der Waals surface area contributed by atoms with Crippen molar-refractivity contribution in [2.24, 2.45) is 0 Å². The van der Waals surface area contributed by atoms with Gasteiger partial charge in [0, 0.05) is 15.7 Å². The van der Waals surface area contributed by atoms with Crippen molar-refractivity contribution in [1.29, 1.82) is 0 Å². The molecule has 0 unspecified atom stereocenters. The molecule has 0 aliphatic heterocycles. The zero-order chi connectivity index (χ0) is 10.1. The van der Waals surface area contributed by atoms with Crippen LogP contribution in [0, 0.1) is 0 Å². The molecule has 0 fully saturated rings. The maximum absolute atomic E-state index is 5.84. The normalized spacial score (nSPS) is 11.0. The summed E-state index contributed by atoms with van der Waals surface area (Å²) in [7, 11) is 0. The molecular formula is C11H12BrNS. The average molecular weight is 270 g/mol. The number of benzene rings is 1. The van der Waals surface area contributed by atoms with Crippen molar-refractivity contribution in [2.45, 2.75) is 18.7 Å². The molecule has 2 aromatic rings. The summed E-state index contributed by atoms with van der Waals surface area (Å²) in [5.74, 6) is 0. The number of thiophene rings is 1. The minimum atomic E-state index is 0.858. The molecule has 1 heterocycles. The van der Waals surface area contributed by atoms with Gasteiger partial charge in [0.25, 0.3) is 0 Å². The predicted molar refractivity (Wildman–Crippen MR) is 68.2 cm³/mol. The molecule has 1 nitrogen and oxygen atoms in total. The number of halogens is 1. The SMILES string of the molecule is CCc1csc2cc(N)cc(CBr)c12. The molecule has 1 aromatic carbocycles. The Kier molecular flexibility index (Phi) is 2.79. The van der Waals surface area contributed by atoms with Gasteiger partial charge in [0.05, 0.1) is 0 Å². The summed E-state index contributed by atoms with van der Waals surface area (Å²) in [6.07, 6.45) is 1.09. The number of rotatable bonds is 2. The molecule has 1 aromatic heterocycles. The Balaban J connectivity index is 2.78. The first-order valence-electron chi connectivity index (χ1n) is 4.60. The molecule has 0 radical (unpaired) electrons. The van der Waals surface area contributed by atoms with E-state index in [1.807, 2.05) is 0 Å². The van der Waals surface area contributed by atoms with E-state index in [0.717, 1.165) is 17.4 Å². The molecule has 0 spiro atoms. The number of nitrogens with two attached hydrogens (primary N) is 1. The van der Waals surface area contributed by atoms with Crippen LogP contribution in [-0.4, -0.2) is 0 Å². The Morgan fingerprint density at radius 3 is 2.79 bits per heavy atom. The Bertz CT molecular complexity index is 462. The zero-order valence-corrected chi connectivity index (χ0v) is 10.4. The van der Waals surface area contributed by atoms with Crippen LogP contribution in [0.3, 0.4) is 0 Å². The Morgan fingerprint density at radius 2 is 2.14 bits per heavy atom. The van der Waals surface area contributed by atoms with Crippen molar-refractivity contribution in [1.82, 2.24) is 0 Å². The van der Waals surface area contributed by atoms with Crippen molar-refractivity contribution in [3.8, 4) is 0 Å². The maximum Gasteiger partial charge on any atom is 0.0369 e. The van der Waals surface area contributed by atoms with Gasteiger partial charge in [0.15, 0.2) is 0 Å². The quantitative estimate of drug-likeness (QED) is 0.649. The van der Waals surface area contributed by atoms with Gasteiger partial charge >= 0.3 is 0 Å². The summed E-state index contributed by atoms with van der Waals surface area (Å²) >= 11 is 5.29. The van der Waals surface area contributed by atoms with Crippen molar-refractivity contribution in [3.05, 3.63) is 28.6 Å². The smallest absolute Gasteiger partial charge is 0.0369 e. The zero-order valence-electron chi connectivity index (χ0n) is 8.01.